The van der Waals surface area contributed by atoms with E-state index in [0.29, 0.717) is 26.0 Å². The van der Waals surface area contributed by atoms with Crippen LogP contribution in [0.5, 0.6) is 0 Å². The third-order valence-electron chi connectivity index (χ3n) is 11.4. The molecule has 0 aromatic heterocycles. The van der Waals surface area contributed by atoms with Gasteiger partial charge < -0.3 is 24.6 Å². The highest BCUT2D eigenvalue weighted by Crippen LogP contribution is 2.19. The van der Waals surface area contributed by atoms with Crippen LogP contribution in [0.2, 0.25) is 0 Å². The minimum atomic E-state index is -0.0459. The lowest BCUT2D eigenvalue weighted by atomic mass is 10.0. The number of carbonyl (C=O) groups is 2. The summed E-state index contributed by atoms with van der Waals surface area (Å²) in [7, 11) is 3.88. The van der Waals surface area contributed by atoms with Gasteiger partial charge in [0.15, 0.2) is 5.96 Å². The Balaban J connectivity index is 4.58. The number of hydrogen-bond acceptors (Lipinski definition) is 7. The van der Waals surface area contributed by atoms with Crippen molar-refractivity contribution < 1.29 is 19.1 Å². The maximum absolute atomic E-state index is 12.9. The molecule has 0 saturated heterocycles. The third kappa shape index (κ3) is 40.8. The maximum Gasteiger partial charge on any atom is 0.306 e. The van der Waals surface area contributed by atoms with Crippen molar-refractivity contribution in [3.8, 4) is 6.07 Å². The summed E-state index contributed by atoms with van der Waals surface area (Å²) in [5.41, 5.74) is 0. The third-order valence-corrected chi connectivity index (χ3v) is 11.4. The van der Waals surface area contributed by atoms with Crippen LogP contribution in [0, 0.1) is 11.3 Å². The summed E-state index contributed by atoms with van der Waals surface area (Å²) in [6, 6.07) is 2.13. The summed E-state index contributed by atoms with van der Waals surface area (Å²) in [5.74, 6) is 0.710. The fraction of sp³-hybridized carbons (Fsp3) is 0.920. The smallest absolute Gasteiger partial charge is 0.306 e. The number of rotatable bonds is 44. The summed E-state index contributed by atoms with van der Waals surface area (Å²) in [6.07, 6.45) is 39.3. The van der Waals surface area contributed by atoms with Crippen LogP contribution in [0.4, 0.5) is 0 Å². The van der Waals surface area contributed by atoms with E-state index in [-0.39, 0.29) is 24.6 Å². The Kier molecular flexibility index (Phi) is 43.4. The molecule has 0 aliphatic heterocycles. The summed E-state index contributed by atoms with van der Waals surface area (Å²) in [4.78, 5) is 34.3. The average Bonchev–Trinajstić information content (AvgIpc) is 3.22. The molecule has 59 heavy (non-hydrogen) atoms. The van der Waals surface area contributed by atoms with E-state index in [1.807, 2.05) is 19.0 Å². The van der Waals surface area contributed by atoms with Gasteiger partial charge >= 0.3 is 11.9 Å². The molecule has 0 fully saturated rings. The van der Waals surface area contributed by atoms with E-state index in [4.69, 9.17) is 19.7 Å². The molecule has 0 aromatic carbocycles. The van der Waals surface area contributed by atoms with Crippen LogP contribution >= 0.6 is 0 Å². The quantitative estimate of drug-likeness (QED) is 0.0213. The van der Waals surface area contributed by atoms with Gasteiger partial charge in [-0.3, -0.25) is 14.6 Å². The first-order chi connectivity index (χ1) is 28.9. The first kappa shape index (κ1) is 56.7. The Bertz CT molecular complexity index is 984. The van der Waals surface area contributed by atoms with E-state index < -0.39 is 0 Å². The molecule has 0 aliphatic rings. The van der Waals surface area contributed by atoms with Crippen molar-refractivity contribution in [3.63, 3.8) is 0 Å². The molecule has 0 amide bonds. The van der Waals surface area contributed by atoms with Gasteiger partial charge in [0, 0.05) is 33.5 Å². The van der Waals surface area contributed by atoms with E-state index >= 15 is 0 Å². The van der Waals surface area contributed by atoms with Crippen molar-refractivity contribution in [2.75, 3.05) is 53.4 Å². The molecular weight excluding hydrogens is 735 g/mol. The second-order valence-electron chi connectivity index (χ2n) is 17.4. The molecule has 0 atom stereocenters. The Morgan fingerprint density at radius 1 is 0.559 bits per heavy atom. The van der Waals surface area contributed by atoms with Crippen molar-refractivity contribution in [2.24, 2.45) is 4.99 Å². The van der Waals surface area contributed by atoms with E-state index in [1.165, 1.54) is 122 Å². The maximum atomic E-state index is 12.9. The molecular formula is C50H97N5O4. The van der Waals surface area contributed by atoms with Gasteiger partial charge in [0.05, 0.1) is 12.7 Å². The van der Waals surface area contributed by atoms with Gasteiger partial charge in [0.2, 0.25) is 0 Å². The fourth-order valence-electron chi connectivity index (χ4n) is 7.69. The molecule has 0 aromatic rings. The number of aliphatic imine (C=N–C) groups is 1. The van der Waals surface area contributed by atoms with Crippen LogP contribution in [-0.4, -0.2) is 87.2 Å². The van der Waals surface area contributed by atoms with Crippen molar-refractivity contribution in [1.29, 1.82) is 5.26 Å². The lowest BCUT2D eigenvalue weighted by Gasteiger charge is -2.22. The number of guanidine groups is 1. The van der Waals surface area contributed by atoms with Gasteiger partial charge in [-0.15, -0.1) is 0 Å². The monoisotopic (exact) mass is 832 g/mol. The van der Waals surface area contributed by atoms with Crippen LogP contribution < -0.4 is 5.32 Å². The normalized spacial score (nSPS) is 11.7. The van der Waals surface area contributed by atoms with Gasteiger partial charge in [0.1, 0.15) is 12.6 Å². The van der Waals surface area contributed by atoms with Crippen molar-refractivity contribution in [3.05, 3.63) is 0 Å². The Labute approximate surface area is 366 Å². The topological polar surface area (TPSA) is 107 Å². The molecule has 0 saturated carbocycles. The minimum Gasteiger partial charge on any atom is -0.466 e. The Morgan fingerprint density at radius 3 is 1.49 bits per heavy atom. The molecule has 0 radical (unpaired) electrons. The van der Waals surface area contributed by atoms with Crippen LogP contribution in [0.25, 0.3) is 0 Å². The number of ether oxygens (including phenoxy) is 2. The highest BCUT2D eigenvalue weighted by atomic mass is 16.5. The van der Waals surface area contributed by atoms with Gasteiger partial charge in [-0.2, -0.15) is 5.26 Å². The van der Waals surface area contributed by atoms with Gasteiger partial charge in [-0.05, 0) is 83.8 Å². The zero-order valence-electron chi connectivity index (χ0n) is 39.8. The fourth-order valence-corrected chi connectivity index (χ4v) is 7.69. The number of hydrogen-bond donors (Lipinski definition) is 1. The molecule has 0 heterocycles. The predicted octanol–water partition coefficient (Wildman–Crippen LogP) is 13.1. The number of nitrogens with one attached hydrogen (secondary N) is 1. The number of nitriles is 1. The number of unbranched alkanes of at least 4 members (excludes halogenated alkanes) is 24. The molecule has 346 valence electrons. The Hall–Kier alpha value is -2.34. The van der Waals surface area contributed by atoms with Crippen LogP contribution in [0.1, 0.15) is 239 Å². The number of esters is 2. The van der Waals surface area contributed by atoms with Crippen LogP contribution in [0.15, 0.2) is 4.99 Å². The number of carbonyl (C=O) groups excluding carboxylic acids is 2. The summed E-state index contributed by atoms with van der Waals surface area (Å²) >= 11 is 0. The average molecular weight is 832 g/mol. The highest BCUT2D eigenvalue weighted by molar-refractivity contribution is 5.79. The molecule has 0 unspecified atom stereocenters. The lowest BCUT2D eigenvalue weighted by molar-refractivity contribution is -0.150. The Morgan fingerprint density at radius 2 is 0.983 bits per heavy atom. The zero-order chi connectivity index (χ0) is 43.3. The summed E-state index contributed by atoms with van der Waals surface area (Å²) in [5, 5.41) is 12.0. The molecule has 0 aliphatic carbocycles. The van der Waals surface area contributed by atoms with Crippen molar-refractivity contribution >= 4 is 17.9 Å². The minimum absolute atomic E-state index is 0.00751. The van der Waals surface area contributed by atoms with Crippen molar-refractivity contribution in [1.82, 2.24) is 15.1 Å². The SMILES string of the molecule is CCCCCCCCCCCOC(=O)CCCCCN(CCCCCCCC(=O)OC(CCCCCCCC)CCCCCCCC)CCCN=C(NCC#N)N(C)C. The summed E-state index contributed by atoms with van der Waals surface area (Å²) < 4.78 is 11.6. The molecule has 9 nitrogen and oxygen atoms in total. The van der Waals surface area contributed by atoms with Gasteiger partial charge in [-0.25, -0.2) is 0 Å². The molecule has 0 spiro atoms. The lowest BCUT2D eigenvalue weighted by Crippen LogP contribution is -2.37. The first-order valence-corrected chi connectivity index (χ1v) is 25.3. The van der Waals surface area contributed by atoms with E-state index in [2.05, 4.69) is 37.1 Å². The van der Waals surface area contributed by atoms with Crippen LogP contribution in [-0.2, 0) is 19.1 Å². The molecule has 9 heteroatoms. The number of nitrogens with zero attached hydrogens (tertiary/aromatic N) is 4. The van der Waals surface area contributed by atoms with E-state index in [0.717, 1.165) is 109 Å². The van der Waals surface area contributed by atoms with E-state index in [9.17, 15) is 9.59 Å². The second-order valence-corrected chi connectivity index (χ2v) is 17.4. The largest absolute Gasteiger partial charge is 0.466 e. The summed E-state index contributed by atoms with van der Waals surface area (Å²) in [6.45, 7) is 11.4. The molecule has 0 bridgehead atoms. The first-order valence-electron chi connectivity index (χ1n) is 25.3. The van der Waals surface area contributed by atoms with Gasteiger partial charge in [-0.1, -0.05) is 162 Å². The molecule has 1 N–H and O–H groups in total. The zero-order valence-corrected chi connectivity index (χ0v) is 39.8. The van der Waals surface area contributed by atoms with Crippen LogP contribution in [0.3, 0.4) is 0 Å². The van der Waals surface area contributed by atoms with Crippen molar-refractivity contribution in [2.45, 2.75) is 245 Å². The second kappa shape index (κ2) is 45.2. The highest BCUT2D eigenvalue weighted by Gasteiger charge is 2.15. The van der Waals surface area contributed by atoms with E-state index in [1.54, 1.807) is 0 Å². The standard InChI is InChI=1S/C50H97N5O4/c1-6-9-12-15-18-19-20-26-34-46-58-48(56)38-31-27-33-44-55(45-35-41-52-50(54(4)5)53-42-40-51)43-32-25-21-24-30-39-49(57)59-47(36-28-22-16-13-10-7-2)37-29-23-17-14-11-8-3/h47H,6-39,41-46H2,1-5H3,(H,52,53). The van der Waals surface area contributed by atoms with Gasteiger partial charge in [0.25, 0.3) is 0 Å². The predicted molar refractivity (Wildman–Crippen MR) is 251 cm³/mol. The molecule has 0 rings (SSSR count).